The molecule has 2 aromatic rings. The van der Waals surface area contributed by atoms with Gasteiger partial charge in [0.1, 0.15) is 0 Å². The third-order valence-corrected chi connectivity index (χ3v) is 3.15. The molecule has 2 heteroatoms. The SMILES string of the molecule is CC=C1C(=O)c2cc3ccccc3cc2C1=O. The second kappa shape index (κ2) is 3.39. The van der Waals surface area contributed by atoms with Gasteiger partial charge in [0.05, 0.1) is 5.57 Å². The molecule has 0 amide bonds. The van der Waals surface area contributed by atoms with Gasteiger partial charge in [-0.05, 0) is 29.8 Å². The fourth-order valence-corrected chi connectivity index (χ4v) is 2.27. The Labute approximate surface area is 98.6 Å². The minimum atomic E-state index is -0.154. The molecule has 0 atom stereocenters. The number of fused-ring (bicyclic) bond motifs is 2. The molecular formula is C15H10O2. The second-order valence-electron chi connectivity index (χ2n) is 4.11. The quantitative estimate of drug-likeness (QED) is 0.506. The lowest BCUT2D eigenvalue weighted by Crippen LogP contribution is -1.99. The second-order valence-corrected chi connectivity index (χ2v) is 4.11. The summed E-state index contributed by atoms with van der Waals surface area (Å²) in [6, 6.07) is 11.4. The normalized spacial score (nSPS) is 14.3. The van der Waals surface area contributed by atoms with Gasteiger partial charge in [0, 0.05) is 11.1 Å². The van der Waals surface area contributed by atoms with Crippen LogP contribution in [0.2, 0.25) is 0 Å². The van der Waals surface area contributed by atoms with Gasteiger partial charge in [0.2, 0.25) is 0 Å². The Morgan fingerprint density at radius 3 is 1.76 bits per heavy atom. The van der Waals surface area contributed by atoms with E-state index in [1.54, 1.807) is 25.1 Å². The molecule has 0 aliphatic heterocycles. The first-order valence-electron chi connectivity index (χ1n) is 5.51. The van der Waals surface area contributed by atoms with Crippen molar-refractivity contribution in [3.05, 3.63) is 59.2 Å². The summed E-state index contributed by atoms with van der Waals surface area (Å²) in [5, 5.41) is 1.98. The zero-order valence-electron chi connectivity index (χ0n) is 9.36. The number of rotatable bonds is 0. The number of hydrogen-bond acceptors (Lipinski definition) is 2. The number of Topliss-reactive ketones (excluding diaryl/α,β-unsaturated/α-hetero) is 2. The van der Waals surface area contributed by atoms with Crippen LogP contribution in [0.25, 0.3) is 10.8 Å². The third kappa shape index (κ3) is 1.27. The molecule has 0 bridgehead atoms. The molecule has 0 saturated heterocycles. The summed E-state index contributed by atoms with van der Waals surface area (Å²) < 4.78 is 0. The van der Waals surface area contributed by atoms with Crippen molar-refractivity contribution in [2.24, 2.45) is 0 Å². The van der Waals surface area contributed by atoms with Crippen molar-refractivity contribution in [3.8, 4) is 0 Å². The van der Waals surface area contributed by atoms with Crippen molar-refractivity contribution < 1.29 is 9.59 Å². The Hall–Kier alpha value is -2.22. The Balaban J connectivity index is 2.38. The molecule has 82 valence electrons. The summed E-state index contributed by atoms with van der Waals surface area (Å²) in [7, 11) is 0. The summed E-state index contributed by atoms with van der Waals surface area (Å²) in [5.74, 6) is -0.309. The van der Waals surface area contributed by atoms with E-state index >= 15 is 0 Å². The van der Waals surface area contributed by atoms with E-state index in [0.29, 0.717) is 11.1 Å². The Morgan fingerprint density at radius 2 is 1.35 bits per heavy atom. The smallest absolute Gasteiger partial charge is 0.197 e. The monoisotopic (exact) mass is 222 g/mol. The molecule has 0 heterocycles. The lowest BCUT2D eigenvalue weighted by Gasteiger charge is -2.00. The maximum atomic E-state index is 12.0. The van der Waals surface area contributed by atoms with Gasteiger partial charge in [-0.3, -0.25) is 9.59 Å². The van der Waals surface area contributed by atoms with Gasteiger partial charge >= 0.3 is 0 Å². The van der Waals surface area contributed by atoms with Crippen molar-refractivity contribution >= 4 is 22.3 Å². The van der Waals surface area contributed by atoms with E-state index < -0.39 is 0 Å². The molecule has 0 radical (unpaired) electrons. The average molecular weight is 222 g/mol. The summed E-state index contributed by atoms with van der Waals surface area (Å²) in [5.41, 5.74) is 1.35. The zero-order chi connectivity index (χ0) is 12.0. The average Bonchev–Trinajstić information content (AvgIpc) is 2.59. The van der Waals surface area contributed by atoms with E-state index in [2.05, 4.69) is 0 Å². The number of carbonyl (C=O) groups excluding carboxylic acids is 2. The summed E-state index contributed by atoms with van der Waals surface area (Å²) in [6.45, 7) is 1.72. The number of allylic oxidation sites excluding steroid dienone is 2. The van der Waals surface area contributed by atoms with E-state index in [1.165, 1.54) is 0 Å². The van der Waals surface area contributed by atoms with Crippen LogP contribution in [0.1, 0.15) is 27.6 Å². The van der Waals surface area contributed by atoms with Crippen LogP contribution < -0.4 is 0 Å². The summed E-state index contributed by atoms with van der Waals surface area (Å²) in [6.07, 6.45) is 1.59. The summed E-state index contributed by atoms with van der Waals surface area (Å²) >= 11 is 0. The van der Waals surface area contributed by atoms with E-state index in [0.717, 1.165) is 10.8 Å². The van der Waals surface area contributed by atoms with Crippen molar-refractivity contribution in [3.63, 3.8) is 0 Å². The van der Waals surface area contributed by atoms with Crippen molar-refractivity contribution in [2.45, 2.75) is 6.92 Å². The van der Waals surface area contributed by atoms with Crippen molar-refractivity contribution in [2.75, 3.05) is 0 Å². The molecular weight excluding hydrogens is 212 g/mol. The van der Waals surface area contributed by atoms with Crippen LogP contribution in [0.15, 0.2) is 48.0 Å². The van der Waals surface area contributed by atoms with Gasteiger partial charge in [0.15, 0.2) is 11.6 Å². The zero-order valence-corrected chi connectivity index (χ0v) is 9.36. The largest absolute Gasteiger partial charge is 0.288 e. The van der Waals surface area contributed by atoms with Crippen LogP contribution in [0.3, 0.4) is 0 Å². The molecule has 17 heavy (non-hydrogen) atoms. The maximum absolute atomic E-state index is 12.0. The summed E-state index contributed by atoms with van der Waals surface area (Å²) in [4.78, 5) is 24.0. The van der Waals surface area contributed by atoms with Crippen LogP contribution in [0.4, 0.5) is 0 Å². The van der Waals surface area contributed by atoms with Crippen LogP contribution in [-0.2, 0) is 0 Å². The molecule has 0 spiro atoms. The van der Waals surface area contributed by atoms with Gasteiger partial charge in [-0.25, -0.2) is 0 Å². The fraction of sp³-hybridized carbons (Fsp3) is 0.0667. The molecule has 0 aromatic heterocycles. The van der Waals surface area contributed by atoms with Gasteiger partial charge in [-0.15, -0.1) is 0 Å². The van der Waals surface area contributed by atoms with Crippen LogP contribution in [0.5, 0.6) is 0 Å². The Kier molecular flexibility index (Phi) is 1.99. The molecule has 2 aromatic carbocycles. The molecule has 1 aliphatic carbocycles. The highest BCUT2D eigenvalue weighted by Crippen LogP contribution is 2.30. The standard InChI is InChI=1S/C15H10O2/c1-2-11-14(16)12-7-9-5-3-4-6-10(9)8-13(12)15(11)17/h2-8H,1H3. The topological polar surface area (TPSA) is 34.1 Å². The molecule has 3 rings (SSSR count). The highest BCUT2D eigenvalue weighted by molar-refractivity contribution is 6.40. The van der Waals surface area contributed by atoms with Gasteiger partial charge in [-0.2, -0.15) is 0 Å². The molecule has 0 saturated carbocycles. The van der Waals surface area contributed by atoms with Gasteiger partial charge in [-0.1, -0.05) is 30.3 Å². The maximum Gasteiger partial charge on any atom is 0.197 e. The molecule has 0 N–H and O–H groups in total. The number of hydrogen-bond donors (Lipinski definition) is 0. The van der Waals surface area contributed by atoms with Crippen molar-refractivity contribution in [1.82, 2.24) is 0 Å². The van der Waals surface area contributed by atoms with E-state index in [9.17, 15) is 9.59 Å². The van der Waals surface area contributed by atoms with Gasteiger partial charge in [0.25, 0.3) is 0 Å². The fourth-order valence-electron chi connectivity index (χ4n) is 2.27. The lowest BCUT2D eigenvalue weighted by molar-refractivity contribution is 0.0988. The predicted molar refractivity (Wildman–Crippen MR) is 66.4 cm³/mol. The van der Waals surface area contributed by atoms with Crippen LogP contribution >= 0.6 is 0 Å². The third-order valence-electron chi connectivity index (χ3n) is 3.15. The van der Waals surface area contributed by atoms with E-state index in [1.807, 2.05) is 24.3 Å². The minimum Gasteiger partial charge on any atom is -0.288 e. The van der Waals surface area contributed by atoms with Crippen molar-refractivity contribution in [1.29, 1.82) is 0 Å². The molecule has 0 unspecified atom stereocenters. The van der Waals surface area contributed by atoms with Crippen LogP contribution in [-0.4, -0.2) is 11.6 Å². The van der Waals surface area contributed by atoms with E-state index in [4.69, 9.17) is 0 Å². The first-order valence-corrected chi connectivity index (χ1v) is 5.51. The Bertz CT molecular complexity index is 637. The first kappa shape index (κ1) is 9.97. The minimum absolute atomic E-state index is 0.154. The number of carbonyl (C=O) groups is 2. The first-order chi connectivity index (χ1) is 8.22. The van der Waals surface area contributed by atoms with Crippen LogP contribution in [0, 0.1) is 0 Å². The van der Waals surface area contributed by atoms with E-state index in [-0.39, 0.29) is 17.1 Å². The molecule has 1 aliphatic rings. The number of benzene rings is 2. The van der Waals surface area contributed by atoms with Gasteiger partial charge < -0.3 is 0 Å². The predicted octanol–water partition coefficient (Wildman–Crippen LogP) is 3.17. The highest BCUT2D eigenvalue weighted by atomic mass is 16.2. The number of ketones is 2. The molecule has 2 nitrogen and oxygen atoms in total. The lowest BCUT2D eigenvalue weighted by atomic mass is 10.0. The Morgan fingerprint density at radius 1 is 0.882 bits per heavy atom. The molecule has 0 fully saturated rings. The highest BCUT2D eigenvalue weighted by Gasteiger charge is 2.32.